The van der Waals surface area contributed by atoms with E-state index in [4.69, 9.17) is 16.3 Å². The predicted octanol–water partition coefficient (Wildman–Crippen LogP) is 4.88. The fraction of sp³-hybridized carbons (Fsp3) is 0.211. The highest BCUT2D eigenvalue weighted by Crippen LogP contribution is 2.36. The van der Waals surface area contributed by atoms with E-state index in [0.29, 0.717) is 6.42 Å². The lowest BCUT2D eigenvalue weighted by atomic mass is 9.81. The molecule has 0 N–H and O–H groups in total. The zero-order valence-corrected chi connectivity index (χ0v) is 13.1. The molecule has 0 radical (unpaired) electrons. The van der Waals surface area contributed by atoms with Gasteiger partial charge in [-0.2, -0.15) is 0 Å². The minimum absolute atomic E-state index is 0.178. The van der Waals surface area contributed by atoms with Crippen molar-refractivity contribution in [1.82, 2.24) is 0 Å². The molecule has 0 unspecified atom stereocenters. The van der Waals surface area contributed by atoms with Crippen LogP contribution in [0, 0.1) is 0 Å². The molecular weight excluding hydrogens is 296 g/mol. The fourth-order valence-corrected chi connectivity index (χ4v) is 3.00. The monoisotopic (exact) mass is 312 g/mol. The van der Waals surface area contributed by atoms with Crippen molar-refractivity contribution in [1.29, 1.82) is 0 Å². The quantitative estimate of drug-likeness (QED) is 0.807. The van der Waals surface area contributed by atoms with Crippen LogP contribution in [-0.4, -0.2) is 12.9 Å². The van der Waals surface area contributed by atoms with E-state index in [1.807, 2.05) is 48.5 Å². The Morgan fingerprint density at radius 2 is 1.68 bits per heavy atom. The lowest BCUT2D eigenvalue weighted by Crippen LogP contribution is -2.12. The summed E-state index contributed by atoms with van der Waals surface area (Å²) in [5.74, 6) is 1.21. The van der Waals surface area contributed by atoms with Crippen molar-refractivity contribution in [2.75, 3.05) is 7.11 Å². The van der Waals surface area contributed by atoms with Gasteiger partial charge in [-0.3, -0.25) is 4.79 Å². The maximum absolute atomic E-state index is 12.1. The van der Waals surface area contributed by atoms with Crippen LogP contribution in [0.5, 0.6) is 5.75 Å². The van der Waals surface area contributed by atoms with Crippen LogP contribution in [0.25, 0.3) is 5.57 Å². The van der Waals surface area contributed by atoms with Crippen molar-refractivity contribution in [2.45, 2.75) is 18.8 Å². The van der Waals surface area contributed by atoms with Crippen LogP contribution in [-0.2, 0) is 4.79 Å². The minimum atomic E-state index is 0.178. The van der Waals surface area contributed by atoms with Gasteiger partial charge in [0, 0.05) is 11.4 Å². The van der Waals surface area contributed by atoms with Crippen molar-refractivity contribution in [3.8, 4) is 5.75 Å². The van der Waals surface area contributed by atoms with E-state index in [0.717, 1.165) is 33.9 Å². The first-order valence-corrected chi connectivity index (χ1v) is 7.67. The summed E-state index contributed by atoms with van der Waals surface area (Å²) in [4.78, 5) is 12.1. The molecule has 0 heterocycles. The minimum Gasteiger partial charge on any atom is -0.497 e. The molecule has 0 fully saturated rings. The molecule has 0 bridgehead atoms. The molecule has 1 aliphatic rings. The van der Waals surface area contributed by atoms with E-state index in [1.165, 1.54) is 0 Å². The Bertz CT molecular complexity index is 699. The molecular formula is C19H17ClO2. The summed E-state index contributed by atoms with van der Waals surface area (Å²) >= 11 is 5.94. The number of benzene rings is 2. The van der Waals surface area contributed by atoms with Crippen LogP contribution in [0.1, 0.15) is 29.9 Å². The molecule has 112 valence electrons. The smallest absolute Gasteiger partial charge is 0.156 e. The van der Waals surface area contributed by atoms with Crippen LogP contribution < -0.4 is 4.74 Å². The second-order valence-corrected chi connectivity index (χ2v) is 5.96. The highest BCUT2D eigenvalue weighted by molar-refractivity contribution is 6.30. The van der Waals surface area contributed by atoms with Gasteiger partial charge >= 0.3 is 0 Å². The van der Waals surface area contributed by atoms with Gasteiger partial charge in [0.2, 0.25) is 0 Å². The fourth-order valence-electron chi connectivity index (χ4n) is 2.87. The van der Waals surface area contributed by atoms with Gasteiger partial charge in [-0.15, -0.1) is 0 Å². The SMILES string of the molecule is COc1ccc(C2=CC(=O)C[C@H](c3ccc(Cl)cc3)C2)cc1. The van der Waals surface area contributed by atoms with Crippen molar-refractivity contribution in [3.63, 3.8) is 0 Å². The largest absolute Gasteiger partial charge is 0.497 e. The standard InChI is InChI=1S/C19H17ClO2/c1-22-19-8-4-14(5-9-19)16-10-15(11-18(21)12-16)13-2-6-17(20)7-3-13/h2-9,12,15H,10-11H2,1H3/t15-/m1/s1. The van der Waals surface area contributed by atoms with Crippen molar-refractivity contribution in [3.05, 3.63) is 70.8 Å². The molecule has 2 nitrogen and oxygen atoms in total. The Hall–Kier alpha value is -2.06. The zero-order chi connectivity index (χ0) is 15.5. The molecule has 0 aromatic heterocycles. The number of methoxy groups -OCH3 is 1. The van der Waals surface area contributed by atoms with Gasteiger partial charge in [-0.05, 0) is 59.4 Å². The number of rotatable bonds is 3. The van der Waals surface area contributed by atoms with Crippen LogP contribution in [0.4, 0.5) is 0 Å². The third-order valence-corrected chi connectivity index (χ3v) is 4.30. The molecule has 0 aliphatic heterocycles. The molecule has 1 aliphatic carbocycles. The first kappa shape index (κ1) is 14.9. The lowest BCUT2D eigenvalue weighted by molar-refractivity contribution is -0.115. The first-order valence-electron chi connectivity index (χ1n) is 7.29. The Morgan fingerprint density at radius 3 is 2.32 bits per heavy atom. The second kappa shape index (κ2) is 6.37. The topological polar surface area (TPSA) is 26.3 Å². The molecule has 0 saturated heterocycles. The summed E-state index contributed by atoms with van der Waals surface area (Å²) in [7, 11) is 1.65. The van der Waals surface area contributed by atoms with Gasteiger partial charge in [-0.25, -0.2) is 0 Å². The molecule has 0 saturated carbocycles. The second-order valence-electron chi connectivity index (χ2n) is 5.52. The number of halogens is 1. The van der Waals surface area contributed by atoms with Crippen LogP contribution in [0.15, 0.2) is 54.6 Å². The average Bonchev–Trinajstić information content (AvgIpc) is 2.55. The molecule has 2 aromatic carbocycles. The number of hydrogen-bond donors (Lipinski definition) is 0. The van der Waals surface area contributed by atoms with E-state index < -0.39 is 0 Å². The Labute approximate surface area is 135 Å². The predicted molar refractivity (Wildman–Crippen MR) is 89.4 cm³/mol. The van der Waals surface area contributed by atoms with Crippen LogP contribution >= 0.6 is 11.6 Å². The van der Waals surface area contributed by atoms with Gasteiger partial charge in [0.15, 0.2) is 5.78 Å². The van der Waals surface area contributed by atoms with E-state index >= 15 is 0 Å². The third kappa shape index (κ3) is 3.23. The van der Waals surface area contributed by atoms with Crippen LogP contribution in [0.3, 0.4) is 0 Å². The number of allylic oxidation sites excluding steroid dienone is 2. The lowest BCUT2D eigenvalue weighted by Gasteiger charge is -2.23. The number of ketones is 1. The van der Waals surface area contributed by atoms with E-state index in [2.05, 4.69) is 0 Å². The molecule has 2 aromatic rings. The molecule has 3 heteroatoms. The number of carbonyl (C=O) groups is 1. The van der Waals surface area contributed by atoms with Gasteiger partial charge in [0.05, 0.1) is 7.11 Å². The third-order valence-electron chi connectivity index (χ3n) is 4.05. The first-order chi connectivity index (χ1) is 10.7. The molecule has 1 atom stereocenters. The van der Waals surface area contributed by atoms with Gasteiger partial charge in [0.1, 0.15) is 5.75 Å². The Balaban J connectivity index is 1.85. The average molecular weight is 313 g/mol. The summed E-state index contributed by atoms with van der Waals surface area (Å²) in [6.07, 6.45) is 3.19. The van der Waals surface area contributed by atoms with Crippen molar-refractivity contribution < 1.29 is 9.53 Å². The zero-order valence-electron chi connectivity index (χ0n) is 12.4. The van der Waals surface area contributed by atoms with E-state index in [-0.39, 0.29) is 11.7 Å². The highest BCUT2D eigenvalue weighted by Gasteiger charge is 2.22. The van der Waals surface area contributed by atoms with Gasteiger partial charge in [-0.1, -0.05) is 35.9 Å². The Morgan fingerprint density at radius 1 is 1.00 bits per heavy atom. The molecule has 0 spiro atoms. The van der Waals surface area contributed by atoms with Crippen molar-refractivity contribution >= 4 is 23.0 Å². The summed E-state index contributed by atoms with van der Waals surface area (Å²) in [6.45, 7) is 0. The number of hydrogen-bond acceptors (Lipinski definition) is 2. The molecule has 22 heavy (non-hydrogen) atoms. The number of ether oxygens (including phenoxy) is 1. The van der Waals surface area contributed by atoms with Gasteiger partial charge < -0.3 is 4.74 Å². The maximum Gasteiger partial charge on any atom is 0.156 e. The number of carbonyl (C=O) groups excluding carboxylic acids is 1. The maximum atomic E-state index is 12.1. The van der Waals surface area contributed by atoms with E-state index in [1.54, 1.807) is 13.2 Å². The summed E-state index contributed by atoms with van der Waals surface area (Å²) in [5.41, 5.74) is 3.32. The summed E-state index contributed by atoms with van der Waals surface area (Å²) in [6, 6.07) is 15.6. The van der Waals surface area contributed by atoms with Crippen LogP contribution in [0.2, 0.25) is 5.02 Å². The van der Waals surface area contributed by atoms with E-state index in [9.17, 15) is 4.79 Å². The molecule has 3 rings (SSSR count). The highest BCUT2D eigenvalue weighted by atomic mass is 35.5. The summed E-state index contributed by atoms with van der Waals surface area (Å²) < 4.78 is 5.18. The molecule has 0 amide bonds. The van der Waals surface area contributed by atoms with Gasteiger partial charge in [0.25, 0.3) is 0 Å². The van der Waals surface area contributed by atoms with Crippen molar-refractivity contribution in [2.24, 2.45) is 0 Å². The summed E-state index contributed by atoms with van der Waals surface area (Å²) in [5, 5.41) is 0.719. The normalized spacial score (nSPS) is 18.0. The Kier molecular flexibility index (Phi) is 4.30.